The molecule has 0 saturated carbocycles. The van der Waals surface area contributed by atoms with Crippen LogP contribution in [0.1, 0.15) is 20.8 Å². The van der Waals surface area contributed by atoms with Crippen LogP contribution in [0.2, 0.25) is 0 Å². The zero-order valence-electron chi connectivity index (χ0n) is 16.2. The molecule has 4 nitrogen and oxygen atoms in total. The Morgan fingerprint density at radius 3 is 2.36 bits per heavy atom. The quantitative estimate of drug-likeness (QED) is 0.670. The molecule has 2 aromatic carbocycles. The van der Waals surface area contributed by atoms with Crippen LogP contribution in [-0.4, -0.2) is 32.2 Å². The number of benzene rings is 2. The van der Waals surface area contributed by atoms with E-state index in [1.165, 1.54) is 0 Å². The van der Waals surface area contributed by atoms with E-state index >= 15 is 0 Å². The van der Waals surface area contributed by atoms with Gasteiger partial charge < -0.3 is 15.0 Å². The van der Waals surface area contributed by atoms with Gasteiger partial charge in [0.15, 0.2) is 0 Å². The number of hydrogen-bond donors (Lipinski definition) is 1. The molecule has 1 fully saturated rings. The Morgan fingerprint density at radius 2 is 1.68 bits per heavy atom. The van der Waals surface area contributed by atoms with Crippen LogP contribution in [0.3, 0.4) is 0 Å². The number of aryl methyl sites for hydroxylation is 2. The van der Waals surface area contributed by atoms with E-state index in [9.17, 15) is 4.79 Å². The van der Waals surface area contributed by atoms with Gasteiger partial charge in [-0.3, -0.25) is 4.79 Å². The second-order valence-electron chi connectivity index (χ2n) is 7.02. The summed E-state index contributed by atoms with van der Waals surface area (Å²) in [7, 11) is 0. The number of rotatable bonds is 4. The largest absolute Gasteiger partial charge is 0.378 e. The molecule has 3 aromatic rings. The molecule has 2 heterocycles. The smallest absolute Gasteiger partial charge is 0.265 e. The number of carbonyl (C=O) groups excluding carboxylic acids is 1. The maximum absolute atomic E-state index is 13.1. The van der Waals surface area contributed by atoms with Crippen molar-refractivity contribution in [2.75, 3.05) is 36.5 Å². The van der Waals surface area contributed by atoms with Crippen LogP contribution in [0.4, 0.5) is 10.7 Å². The molecule has 1 saturated heterocycles. The van der Waals surface area contributed by atoms with Gasteiger partial charge in [-0.05, 0) is 36.6 Å². The summed E-state index contributed by atoms with van der Waals surface area (Å²) in [6, 6.07) is 18.3. The van der Waals surface area contributed by atoms with Crippen LogP contribution in [0.5, 0.6) is 0 Å². The summed E-state index contributed by atoms with van der Waals surface area (Å²) in [5, 5.41) is 4.26. The van der Waals surface area contributed by atoms with Crippen molar-refractivity contribution in [2.45, 2.75) is 13.8 Å². The molecule has 0 spiro atoms. The van der Waals surface area contributed by atoms with E-state index in [1.807, 2.05) is 56.3 Å². The molecule has 0 bridgehead atoms. The van der Waals surface area contributed by atoms with Gasteiger partial charge in [0.1, 0.15) is 0 Å². The van der Waals surface area contributed by atoms with Crippen LogP contribution in [0, 0.1) is 13.8 Å². The SMILES string of the molecule is Cc1cccc(C)c1NC(=O)c1cc(-c2ccccc2)c(N2CCOCC2)s1. The minimum Gasteiger partial charge on any atom is -0.378 e. The molecule has 0 unspecified atom stereocenters. The van der Waals surface area contributed by atoms with Crippen LogP contribution >= 0.6 is 11.3 Å². The van der Waals surface area contributed by atoms with Gasteiger partial charge in [-0.1, -0.05) is 48.5 Å². The molecule has 5 heteroatoms. The second kappa shape index (κ2) is 8.17. The monoisotopic (exact) mass is 392 g/mol. The van der Waals surface area contributed by atoms with Gasteiger partial charge in [0, 0.05) is 24.3 Å². The summed E-state index contributed by atoms with van der Waals surface area (Å²) in [5.41, 5.74) is 5.28. The van der Waals surface area contributed by atoms with Gasteiger partial charge in [0.25, 0.3) is 5.91 Å². The first-order valence-corrected chi connectivity index (χ1v) is 10.3. The van der Waals surface area contributed by atoms with E-state index in [0.717, 1.165) is 64.1 Å². The van der Waals surface area contributed by atoms with Crippen LogP contribution in [0.15, 0.2) is 54.6 Å². The van der Waals surface area contributed by atoms with Gasteiger partial charge in [0.2, 0.25) is 0 Å². The van der Waals surface area contributed by atoms with E-state index in [0.29, 0.717) is 0 Å². The van der Waals surface area contributed by atoms with E-state index in [-0.39, 0.29) is 5.91 Å². The summed E-state index contributed by atoms with van der Waals surface area (Å²) >= 11 is 1.56. The van der Waals surface area contributed by atoms with Gasteiger partial charge in [0.05, 0.1) is 23.1 Å². The van der Waals surface area contributed by atoms with Crippen LogP contribution in [0.25, 0.3) is 11.1 Å². The molecule has 1 aromatic heterocycles. The highest BCUT2D eigenvalue weighted by atomic mass is 32.1. The molecular weight excluding hydrogens is 368 g/mol. The van der Waals surface area contributed by atoms with Crippen molar-refractivity contribution >= 4 is 27.9 Å². The molecule has 28 heavy (non-hydrogen) atoms. The molecule has 1 N–H and O–H groups in total. The van der Waals surface area contributed by atoms with Crippen molar-refractivity contribution in [3.8, 4) is 11.1 Å². The fourth-order valence-corrected chi connectivity index (χ4v) is 4.63. The summed E-state index contributed by atoms with van der Waals surface area (Å²) in [4.78, 5) is 16.1. The van der Waals surface area contributed by atoms with Crippen LogP contribution < -0.4 is 10.2 Å². The Labute approximate surface area is 169 Å². The molecule has 0 atom stereocenters. The van der Waals surface area contributed by atoms with Crippen molar-refractivity contribution in [1.29, 1.82) is 0 Å². The normalized spacial score (nSPS) is 14.1. The van der Waals surface area contributed by atoms with Crippen molar-refractivity contribution in [1.82, 2.24) is 0 Å². The molecule has 144 valence electrons. The minimum absolute atomic E-state index is 0.0564. The zero-order valence-corrected chi connectivity index (χ0v) is 17.0. The fraction of sp³-hybridized carbons (Fsp3) is 0.261. The predicted molar refractivity (Wildman–Crippen MR) is 117 cm³/mol. The Hall–Kier alpha value is -2.63. The first kappa shape index (κ1) is 18.7. The van der Waals surface area contributed by atoms with Gasteiger partial charge >= 0.3 is 0 Å². The third-order valence-electron chi connectivity index (χ3n) is 5.04. The van der Waals surface area contributed by atoms with Gasteiger partial charge in [-0.2, -0.15) is 0 Å². The summed E-state index contributed by atoms with van der Waals surface area (Å²) in [6.07, 6.45) is 0. The lowest BCUT2D eigenvalue weighted by atomic mass is 10.1. The topological polar surface area (TPSA) is 41.6 Å². The molecule has 4 rings (SSSR count). The number of ether oxygens (including phenoxy) is 1. The molecule has 0 aliphatic carbocycles. The lowest BCUT2D eigenvalue weighted by Crippen LogP contribution is -2.35. The molecule has 0 radical (unpaired) electrons. The lowest BCUT2D eigenvalue weighted by Gasteiger charge is -2.28. The number of nitrogens with zero attached hydrogens (tertiary/aromatic N) is 1. The third kappa shape index (κ3) is 3.81. The molecule has 1 aliphatic rings. The number of para-hydroxylation sites is 1. The van der Waals surface area contributed by atoms with E-state index in [2.05, 4.69) is 22.3 Å². The molecule has 1 amide bonds. The maximum Gasteiger partial charge on any atom is 0.265 e. The zero-order chi connectivity index (χ0) is 19.5. The van der Waals surface area contributed by atoms with Crippen molar-refractivity contribution in [3.63, 3.8) is 0 Å². The highest BCUT2D eigenvalue weighted by Gasteiger charge is 2.22. The number of hydrogen-bond acceptors (Lipinski definition) is 4. The minimum atomic E-state index is -0.0564. The average Bonchev–Trinajstić information content (AvgIpc) is 3.18. The Bertz CT molecular complexity index is 955. The Balaban J connectivity index is 1.69. The lowest BCUT2D eigenvalue weighted by molar-refractivity contribution is 0.103. The first-order valence-electron chi connectivity index (χ1n) is 9.53. The standard InChI is InChI=1S/C23H24N2O2S/c1-16-7-6-8-17(2)21(16)24-22(26)20-15-19(18-9-4-3-5-10-18)23(28-20)25-11-13-27-14-12-25/h3-10,15H,11-14H2,1-2H3,(H,24,26). The molecule has 1 aliphatic heterocycles. The van der Waals surface area contributed by atoms with E-state index in [1.54, 1.807) is 11.3 Å². The summed E-state index contributed by atoms with van der Waals surface area (Å²) in [6.45, 7) is 7.17. The first-order chi connectivity index (χ1) is 13.6. The fourth-order valence-electron chi connectivity index (χ4n) is 3.51. The van der Waals surface area contributed by atoms with Crippen LogP contribution in [-0.2, 0) is 4.74 Å². The summed E-state index contributed by atoms with van der Waals surface area (Å²) in [5.74, 6) is -0.0564. The average molecular weight is 393 g/mol. The van der Waals surface area contributed by atoms with Gasteiger partial charge in [-0.25, -0.2) is 0 Å². The van der Waals surface area contributed by atoms with Crippen molar-refractivity contribution in [2.24, 2.45) is 0 Å². The third-order valence-corrected chi connectivity index (χ3v) is 6.23. The number of morpholine rings is 1. The predicted octanol–water partition coefficient (Wildman–Crippen LogP) is 5.12. The number of thiophene rings is 1. The second-order valence-corrected chi connectivity index (χ2v) is 8.05. The van der Waals surface area contributed by atoms with E-state index < -0.39 is 0 Å². The Morgan fingerprint density at radius 1 is 1.00 bits per heavy atom. The highest BCUT2D eigenvalue weighted by molar-refractivity contribution is 7.18. The number of anilines is 2. The van der Waals surface area contributed by atoms with E-state index in [4.69, 9.17) is 4.74 Å². The highest BCUT2D eigenvalue weighted by Crippen LogP contribution is 2.39. The Kier molecular flexibility index (Phi) is 5.46. The number of carbonyl (C=O) groups is 1. The summed E-state index contributed by atoms with van der Waals surface area (Å²) < 4.78 is 5.51. The van der Waals surface area contributed by atoms with Gasteiger partial charge in [-0.15, -0.1) is 11.3 Å². The number of nitrogens with one attached hydrogen (secondary N) is 1. The van der Waals surface area contributed by atoms with Crippen molar-refractivity contribution in [3.05, 3.63) is 70.6 Å². The number of amides is 1. The maximum atomic E-state index is 13.1. The van der Waals surface area contributed by atoms with Crippen molar-refractivity contribution < 1.29 is 9.53 Å². The molecular formula is C23H24N2O2S.